The molecule has 0 saturated heterocycles. The number of rotatable bonds is 0. The van der Waals surface area contributed by atoms with Crippen LogP contribution in [-0.4, -0.2) is 4.98 Å². The Labute approximate surface area is 71.7 Å². The molecule has 0 saturated carbocycles. The summed E-state index contributed by atoms with van der Waals surface area (Å²) in [6.07, 6.45) is 1.26. The Bertz CT molecular complexity index is 369. The van der Waals surface area contributed by atoms with Gasteiger partial charge in [-0.15, -0.1) is 0 Å². The van der Waals surface area contributed by atoms with Gasteiger partial charge in [-0.25, -0.2) is 0 Å². The predicted molar refractivity (Wildman–Crippen MR) is 41.4 cm³/mol. The van der Waals surface area contributed by atoms with Crippen LogP contribution in [0, 0.1) is 13.7 Å². The van der Waals surface area contributed by atoms with Gasteiger partial charge in [0.2, 0.25) is 0 Å². The summed E-state index contributed by atoms with van der Waals surface area (Å²) in [6.45, 7) is -5.01. The van der Waals surface area contributed by atoms with E-state index in [-0.39, 0.29) is 15.7 Å². The molecule has 0 atom stereocenters. The topological polar surface area (TPSA) is 12.9 Å². The van der Waals surface area contributed by atoms with E-state index >= 15 is 0 Å². The van der Waals surface area contributed by atoms with Crippen molar-refractivity contribution in [3.63, 3.8) is 0 Å². The Morgan fingerprint density at radius 2 is 2.56 bits per heavy atom. The van der Waals surface area contributed by atoms with Crippen molar-refractivity contribution in [1.29, 1.82) is 0 Å². The minimum atomic E-state index is -2.52. The molecule has 0 aliphatic carbocycles. The molecule has 0 fully saturated rings. The van der Waals surface area contributed by atoms with Crippen molar-refractivity contribution in [2.45, 2.75) is 13.7 Å². The maximum Gasteiger partial charge on any atom is 0.0413 e. The molecule has 0 radical (unpaired) electrons. The van der Waals surface area contributed by atoms with Gasteiger partial charge in [0.05, 0.1) is 0 Å². The number of halogens is 1. The van der Waals surface area contributed by atoms with Gasteiger partial charge in [0.15, 0.2) is 0 Å². The monoisotopic (exact) mass is 191 g/mol. The molecule has 0 aliphatic rings. The second kappa shape index (κ2) is 2.48. The van der Waals surface area contributed by atoms with Gasteiger partial charge in [-0.05, 0) is 25.3 Å². The van der Waals surface area contributed by atoms with Crippen LogP contribution in [0.1, 0.15) is 19.5 Å². The van der Waals surface area contributed by atoms with Gasteiger partial charge >= 0.3 is 0 Å². The lowest BCUT2D eigenvalue weighted by atomic mass is 10.2. The summed E-state index contributed by atoms with van der Waals surface area (Å²) < 4.78 is 43.6. The molecule has 1 rings (SSSR count). The van der Waals surface area contributed by atoms with Crippen LogP contribution in [0.2, 0.25) is 0 Å². The zero-order valence-corrected chi connectivity index (χ0v) is 6.07. The fraction of sp³-hybridized carbons (Fsp3) is 0.286. The van der Waals surface area contributed by atoms with Crippen LogP contribution in [0.5, 0.6) is 0 Å². The number of nitrogens with zero attached hydrogens (tertiary/aromatic N) is 1. The van der Waals surface area contributed by atoms with Crippen LogP contribution in [0.3, 0.4) is 0 Å². The third kappa shape index (κ3) is 1.30. The van der Waals surface area contributed by atoms with Crippen molar-refractivity contribution in [3.05, 3.63) is 28.0 Å². The van der Waals surface area contributed by atoms with Gasteiger partial charge in [-0.3, -0.25) is 4.98 Å². The van der Waals surface area contributed by atoms with Crippen molar-refractivity contribution >= 4 is 15.9 Å². The third-order valence-electron chi connectivity index (χ3n) is 0.900. The molecule has 0 N–H and O–H groups in total. The van der Waals surface area contributed by atoms with E-state index in [0.717, 1.165) is 0 Å². The molecule has 9 heavy (non-hydrogen) atoms. The first kappa shape index (κ1) is 2.35. The van der Waals surface area contributed by atoms with Crippen LogP contribution < -0.4 is 0 Å². The maximum atomic E-state index is 7.25. The van der Waals surface area contributed by atoms with Crippen LogP contribution in [0.25, 0.3) is 0 Å². The Morgan fingerprint density at radius 1 is 1.67 bits per heavy atom. The maximum absolute atomic E-state index is 7.25. The van der Waals surface area contributed by atoms with Crippen molar-refractivity contribution in [1.82, 2.24) is 4.98 Å². The molecular weight excluding hydrogens is 178 g/mol. The molecule has 48 valence electrons. The lowest BCUT2D eigenvalue weighted by Gasteiger charge is -1.98. The van der Waals surface area contributed by atoms with E-state index in [2.05, 4.69) is 20.9 Å². The molecule has 0 spiro atoms. The number of aryl methyl sites for hydroxylation is 1. The highest BCUT2D eigenvalue weighted by atomic mass is 79.9. The fourth-order valence-electron chi connectivity index (χ4n) is 0.438. The van der Waals surface area contributed by atoms with Crippen molar-refractivity contribution in [2.75, 3.05) is 0 Å². The minimum Gasteiger partial charge on any atom is -0.261 e. The Balaban J connectivity index is 3.48. The van der Waals surface area contributed by atoms with Gasteiger partial charge in [0.1, 0.15) is 0 Å². The van der Waals surface area contributed by atoms with E-state index in [1.807, 2.05) is 0 Å². The van der Waals surface area contributed by atoms with Gasteiger partial charge in [-0.2, -0.15) is 0 Å². The summed E-state index contributed by atoms with van der Waals surface area (Å²) in [5, 5.41) is 0. The molecule has 0 unspecified atom stereocenters. The quantitative estimate of drug-likeness (QED) is 0.615. The molecule has 1 aromatic rings. The molecule has 1 aromatic heterocycles. The van der Waals surface area contributed by atoms with Crippen molar-refractivity contribution < 1.29 is 8.22 Å². The summed E-state index contributed by atoms with van der Waals surface area (Å²) in [4.78, 5) is 3.62. The predicted octanol–water partition coefficient (Wildman–Crippen LogP) is 2.46. The average molecular weight is 192 g/mol. The molecular formula is C7H8BrN. The SMILES string of the molecule is [2H]C([2H])([2H])c1nccc(Br)c1C([2H])([2H])[2H]. The number of aromatic nitrogens is 1. The fourth-order valence-corrected chi connectivity index (χ4v) is 0.744. The van der Waals surface area contributed by atoms with Crippen LogP contribution in [0.4, 0.5) is 0 Å². The largest absolute Gasteiger partial charge is 0.261 e. The van der Waals surface area contributed by atoms with E-state index in [0.29, 0.717) is 0 Å². The van der Waals surface area contributed by atoms with E-state index < -0.39 is 13.7 Å². The standard InChI is InChI=1S/C7H8BrN/c1-5-6(2)9-4-3-7(5)8/h3-4H,1-2H3/i1D3,2D3. The van der Waals surface area contributed by atoms with E-state index in [1.165, 1.54) is 12.3 Å². The second-order valence-electron chi connectivity index (χ2n) is 1.52. The summed E-state index contributed by atoms with van der Waals surface area (Å²) in [6, 6.07) is 1.41. The van der Waals surface area contributed by atoms with E-state index in [1.54, 1.807) is 0 Å². The first-order chi connectivity index (χ1) is 6.64. The summed E-state index contributed by atoms with van der Waals surface area (Å²) in [5.41, 5.74) is -0.623. The molecule has 0 aliphatic heterocycles. The normalized spacial score (nSPS) is 22.3. The zero-order chi connectivity index (χ0) is 11.9. The van der Waals surface area contributed by atoms with Crippen LogP contribution in [0.15, 0.2) is 16.7 Å². The Kier molecular flexibility index (Phi) is 0.647. The highest BCUT2D eigenvalue weighted by Gasteiger charge is 1.95. The van der Waals surface area contributed by atoms with Gasteiger partial charge in [0, 0.05) is 24.6 Å². The van der Waals surface area contributed by atoms with Crippen LogP contribution >= 0.6 is 15.9 Å². The van der Waals surface area contributed by atoms with Crippen molar-refractivity contribution in [2.24, 2.45) is 0 Å². The first-order valence-corrected chi connectivity index (χ1v) is 3.09. The smallest absolute Gasteiger partial charge is 0.0413 e. The average Bonchev–Trinajstić information content (AvgIpc) is 1.99. The molecule has 0 amide bonds. The van der Waals surface area contributed by atoms with Gasteiger partial charge < -0.3 is 0 Å². The molecule has 1 nitrogen and oxygen atoms in total. The minimum absolute atomic E-state index is 0.239. The highest BCUT2D eigenvalue weighted by Crippen LogP contribution is 2.15. The van der Waals surface area contributed by atoms with Gasteiger partial charge in [-0.1, -0.05) is 15.9 Å². The van der Waals surface area contributed by atoms with E-state index in [4.69, 9.17) is 8.22 Å². The lowest BCUT2D eigenvalue weighted by Crippen LogP contribution is -1.84. The number of hydrogen-bond acceptors (Lipinski definition) is 1. The molecule has 1 heterocycles. The Hall–Kier alpha value is -0.370. The molecule has 0 bridgehead atoms. The number of pyridine rings is 1. The highest BCUT2D eigenvalue weighted by molar-refractivity contribution is 9.10. The summed E-state index contributed by atoms with van der Waals surface area (Å²) >= 11 is 3.03. The third-order valence-corrected chi connectivity index (χ3v) is 1.56. The molecule has 0 aromatic carbocycles. The zero-order valence-electron chi connectivity index (χ0n) is 10.5. The van der Waals surface area contributed by atoms with E-state index in [9.17, 15) is 0 Å². The number of hydrogen-bond donors (Lipinski definition) is 0. The van der Waals surface area contributed by atoms with Gasteiger partial charge in [0.25, 0.3) is 0 Å². The summed E-state index contributed by atoms with van der Waals surface area (Å²) in [5.74, 6) is 0. The van der Waals surface area contributed by atoms with Crippen LogP contribution in [-0.2, 0) is 0 Å². The second-order valence-corrected chi connectivity index (χ2v) is 2.37. The molecule has 2 heteroatoms. The summed E-state index contributed by atoms with van der Waals surface area (Å²) in [7, 11) is 0. The van der Waals surface area contributed by atoms with Crippen molar-refractivity contribution in [3.8, 4) is 0 Å². The lowest BCUT2D eigenvalue weighted by molar-refractivity contribution is 1.14. The first-order valence-electron chi connectivity index (χ1n) is 5.29. The Morgan fingerprint density at radius 3 is 3.11 bits per heavy atom.